The zero-order chi connectivity index (χ0) is 12.7. The van der Waals surface area contributed by atoms with Crippen molar-refractivity contribution in [3.05, 3.63) is 35.9 Å². The van der Waals surface area contributed by atoms with Crippen LogP contribution < -0.4 is 5.32 Å². The first-order chi connectivity index (χ1) is 8.09. The molecule has 0 radical (unpaired) electrons. The van der Waals surface area contributed by atoms with Crippen LogP contribution in [0.15, 0.2) is 30.3 Å². The van der Waals surface area contributed by atoms with E-state index in [-0.39, 0.29) is 0 Å². The molecule has 0 bridgehead atoms. The molecule has 3 N–H and O–H groups in total. The minimum atomic E-state index is -0.693. The zero-order valence-electron chi connectivity index (χ0n) is 10.6. The molecule has 17 heavy (non-hydrogen) atoms. The summed E-state index contributed by atoms with van der Waals surface area (Å²) in [4.78, 5) is 0. The highest BCUT2D eigenvalue weighted by Crippen LogP contribution is 2.07. The quantitative estimate of drug-likeness (QED) is 0.671. The smallest absolute Gasteiger partial charge is 0.0923 e. The van der Waals surface area contributed by atoms with Gasteiger partial charge in [-0.3, -0.25) is 0 Å². The molecule has 0 aromatic heterocycles. The molecule has 0 saturated carbocycles. The van der Waals surface area contributed by atoms with Crippen molar-refractivity contribution in [2.45, 2.75) is 44.9 Å². The van der Waals surface area contributed by atoms with E-state index in [2.05, 4.69) is 5.32 Å². The first-order valence-corrected chi connectivity index (χ1v) is 6.23. The highest BCUT2D eigenvalue weighted by atomic mass is 16.3. The van der Waals surface area contributed by atoms with Crippen LogP contribution in [0.4, 0.5) is 0 Å². The number of aryl methyl sites for hydroxylation is 1. The monoisotopic (exact) mass is 237 g/mol. The van der Waals surface area contributed by atoms with Gasteiger partial charge in [-0.05, 0) is 18.4 Å². The summed E-state index contributed by atoms with van der Waals surface area (Å²) in [6, 6.07) is 10.3. The van der Waals surface area contributed by atoms with Gasteiger partial charge in [0.1, 0.15) is 0 Å². The van der Waals surface area contributed by atoms with Gasteiger partial charge in [-0.15, -0.1) is 0 Å². The molecule has 1 aromatic carbocycles. The molecule has 0 unspecified atom stereocenters. The summed E-state index contributed by atoms with van der Waals surface area (Å²) in [5.41, 5.74) is 1.19. The topological polar surface area (TPSA) is 52.5 Å². The summed E-state index contributed by atoms with van der Waals surface area (Å²) in [5.74, 6) is 0. The lowest BCUT2D eigenvalue weighted by Crippen LogP contribution is -2.39. The van der Waals surface area contributed by atoms with Crippen molar-refractivity contribution in [2.24, 2.45) is 0 Å². The highest BCUT2D eigenvalue weighted by molar-refractivity contribution is 5.14. The molecule has 1 rings (SSSR count). The Morgan fingerprint density at radius 3 is 2.29 bits per heavy atom. The number of benzene rings is 1. The number of hydrogen-bond donors (Lipinski definition) is 3. The Balaban J connectivity index is 2.26. The van der Waals surface area contributed by atoms with Gasteiger partial charge in [-0.25, -0.2) is 0 Å². The molecule has 96 valence electrons. The fourth-order valence-electron chi connectivity index (χ4n) is 1.64. The van der Waals surface area contributed by atoms with Crippen LogP contribution in [-0.2, 0) is 6.42 Å². The van der Waals surface area contributed by atoms with E-state index in [0.29, 0.717) is 19.0 Å². The van der Waals surface area contributed by atoms with E-state index in [0.717, 1.165) is 6.42 Å². The molecule has 3 nitrogen and oxygen atoms in total. The molecule has 0 spiro atoms. The van der Waals surface area contributed by atoms with Gasteiger partial charge >= 0.3 is 0 Å². The van der Waals surface area contributed by atoms with Gasteiger partial charge < -0.3 is 15.5 Å². The molecular formula is C14H23NO2. The normalized spacial score (nSPS) is 14.9. The van der Waals surface area contributed by atoms with Gasteiger partial charge in [-0.2, -0.15) is 0 Å². The van der Waals surface area contributed by atoms with Crippen molar-refractivity contribution in [3.63, 3.8) is 0 Å². The molecule has 1 aromatic rings. The minimum absolute atomic E-state index is 0.325. The first-order valence-electron chi connectivity index (χ1n) is 6.23. The van der Waals surface area contributed by atoms with Crippen LogP contribution in [0.2, 0.25) is 0 Å². The van der Waals surface area contributed by atoms with E-state index in [9.17, 15) is 10.2 Å². The van der Waals surface area contributed by atoms with Crippen molar-refractivity contribution in [1.82, 2.24) is 5.32 Å². The number of nitrogens with one attached hydrogen (secondary N) is 1. The number of aliphatic hydroxyl groups is 2. The summed E-state index contributed by atoms with van der Waals surface area (Å²) >= 11 is 0. The highest BCUT2D eigenvalue weighted by Gasteiger charge is 2.15. The van der Waals surface area contributed by atoms with Crippen LogP contribution in [0.25, 0.3) is 0 Å². The maximum Gasteiger partial charge on any atom is 0.0923 e. The molecule has 0 aliphatic heterocycles. The summed E-state index contributed by atoms with van der Waals surface area (Å²) in [6.45, 7) is 4.47. The van der Waals surface area contributed by atoms with Gasteiger partial charge in [0.05, 0.1) is 12.2 Å². The fourth-order valence-corrected chi connectivity index (χ4v) is 1.64. The number of hydrogen-bond acceptors (Lipinski definition) is 3. The Bertz CT molecular complexity index is 300. The van der Waals surface area contributed by atoms with Crippen LogP contribution in [0, 0.1) is 0 Å². The van der Waals surface area contributed by atoms with Crippen molar-refractivity contribution in [2.75, 3.05) is 6.54 Å². The Morgan fingerprint density at radius 1 is 1.06 bits per heavy atom. The molecule has 0 aliphatic rings. The molecule has 0 saturated heterocycles. The maximum atomic E-state index is 9.80. The second kappa shape index (κ2) is 7.43. The molecular weight excluding hydrogens is 214 g/mol. The Labute approximate surface area is 103 Å². The average Bonchev–Trinajstić information content (AvgIpc) is 2.34. The Kier molecular flexibility index (Phi) is 6.19. The van der Waals surface area contributed by atoms with Crippen LogP contribution in [-0.4, -0.2) is 35.0 Å². The zero-order valence-corrected chi connectivity index (χ0v) is 10.6. The predicted molar refractivity (Wildman–Crippen MR) is 69.9 cm³/mol. The second-order valence-corrected chi connectivity index (χ2v) is 4.72. The van der Waals surface area contributed by atoms with Crippen LogP contribution in [0.1, 0.15) is 25.8 Å². The van der Waals surface area contributed by atoms with Gasteiger partial charge in [0.2, 0.25) is 0 Å². The lowest BCUT2D eigenvalue weighted by Gasteiger charge is -2.19. The first kappa shape index (κ1) is 14.2. The fraction of sp³-hybridized carbons (Fsp3) is 0.571. The van der Waals surface area contributed by atoms with Gasteiger partial charge in [0.15, 0.2) is 0 Å². The summed E-state index contributed by atoms with van der Waals surface area (Å²) in [7, 11) is 0. The second-order valence-electron chi connectivity index (χ2n) is 4.72. The standard InChI is InChI=1S/C14H23NO2/c1-11(2)15-10-14(17)13(16)9-8-12-6-4-3-5-7-12/h3-7,11,13-17H,8-10H2,1-2H3/t13-,14+/m0/s1. The van der Waals surface area contributed by atoms with E-state index in [1.165, 1.54) is 5.56 Å². The van der Waals surface area contributed by atoms with Crippen LogP contribution >= 0.6 is 0 Å². The molecule has 0 fully saturated rings. The van der Waals surface area contributed by atoms with E-state index in [1.54, 1.807) is 0 Å². The van der Waals surface area contributed by atoms with E-state index in [1.807, 2.05) is 44.2 Å². The third-order valence-corrected chi connectivity index (χ3v) is 2.75. The third kappa shape index (κ3) is 5.82. The van der Waals surface area contributed by atoms with Gasteiger partial charge in [-0.1, -0.05) is 44.2 Å². The summed E-state index contributed by atoms with van der Waals surface area (Å²) in [6.07, 6.45) is 0.0219. The largest absolute Gasteiger partial charge is 0.390 e. The lowest BCUT2D eigenvalue weighted by atomic mass is 10.0. The van der Waals surface area contributed by atoms with Crippen molar-refractivity contribution >= 4 is 0 Å². The summed E-state index contributed by atoms with van der Waals surface area (Å²) < 4.78 is 0. The minimum Gasteiger partial charge on any atom is -0.390 e. The molecule has 0 amide bonds. The molecule has 0 heterocycles. The maximum absolute atomic E-state index is 9.80. The Morgan fingerprint density at radius 2 is 1.71 bits per heavy atom. The molecule has 2 atom stereocenters. The molecule has 0 aliphatic carbocycles. The van der Waals surface area contributed by atoms with Crippen molar-refractivity contribution in [1.29, 1.82) is 0 Å². The van der Waals surface area contributed by atoms with Crippen LogP contribution in [0.3, 0.4) is 0 Å². The Hall–Kier alpha value is -0.900. The van der Waals surface area contributed by atoms with Crippen molar-refractivity contribution in [3.8, 4) is 0 Å². The van der Waals surface area contributed by atoms with Crippen LogP contribution in [0.5, 0.6) is 0 Å². The average molecular weight is 237 g/mol. The summed E-state index contributed by atoms with van der Waals surface area (Å²) in [5, 5.41) is 22.6. The number of rotatable bonds is 7. The predicted octanol–water partition coefficient (Wildman–Crippen LogP) is 1.34. The SMILES string of the molecule is CC(C)NC[C@@H](O)[C@@H](O)CCc1ccccc1. The van der Waals surface area contributed by atoms with Crippen molar-refractivity contribution < 1.29 is 10.2 Å². The van der Waals surface area contributed by atoms with Gasteiger partial charge in [0.25, 0.3) is 0 Å². The van der Waals surface area contributed by atoms with E-state index >= 15 is 0 Å². The van der Waals surface area contributed by atoms with Gasteiger partial charge in [0, 0.05) is 12.6 Å². The third-order valence-electron chi connectivity index (χ3n) is 2.75. The van der Waals surface area contributed by atoms with E-state index < -0.39 is 12.2 Å². The number of aliphatic hydroxyl groups excluding tert-OH is 2. The molecule has 3 heteroatoms. The lowest BCUT2D eigenvalue weighted by molar-refractivity contribution is 0.0147. The van der Waals surface area contributed by atoms with E-state index in [4.69, 9.17) is 0 Å².